The summed E-state index contributed by atoms with van der Waals surface area (Å²) in [6, 6.07) is 8.32. The van der Waals surface area contributed by atoms with Crippen molar-refractivity contribution in [3.05, 3.63) is 34.9 Å². The van der Waals surface area contributed by atoms with E-state index in [9.17, 15) is 0 Å². The molecule has 0 spiro atoms. The third kappa shape index (κ3) is 8.60. The van der Waals surface area contributed by atoms with E-state index < -0.39 is 0 Å². The van der Waals surface area contributed by atoms with Crippen LogP contribution in [0.2, 0.25) is 5.02 Å². The molecule has 0 saturated carbocycles. The fraction of sp³-hybridized carbons (Fsp3) is 0.667. The zero-order valence-corrected chi connectivity index (χ0v) is 13.7. The quantitative estimate of drug-likeness (QED) is 0.518. The van der Waals surface area contributed by atoms with Gasteiger partial charge in [0.15, 0.2) is 0 Å². The predicted octanol–water partition coefficient (Wildman–Crippen LogP) is 5.74. The zero-order chi connectivity index (χ0) is 14.6. The first-order chi connectivity index (χ1) is 9.72. The largest absolute Gasteiger partial charge is 0.327 e. The summed E-state index contributed by atoms with van der Waals surface area (Å²) in [6.07, 6.45) is 13.0. The SMILES string of the molecule is CCCCCCCCCCC(N)Cc1cccc(Cl)c1. The van der Waals surface area contributed by atoms with E-state index in [1.54, 1.807) is 0 Å². The maximum atomic E-state index is 6.19. The van der Waals surface area contributed by atoms with Crippen molar-refractivity contribution in [2.45, 2.75) is 77.2 Å². The van der Waals surface area contributed by atoms with E-state index in [2.05, 4.69) is 13.0 Å². The number of nitrogens with two attached hydrogens (primary N) is 1. The van der Waals surface area contributed by atoms with Crippen LogP contribution in [0.1, 0.15) is 70.3 Å². The molecule has 114 valence electrons. The van der Waals surface area contributed by atoms with Crippen LogP contribution in [0.15, 0.2) is 24.3 Å². The number of hydrogen-bond acceptors (Lipinski definition) is 1. The van der Waals surface area contributed by atoms with Gasteiger partial charge in [-0.25, -0.2) is 0 Å². The van der Waals surface area contributed by atoms with Gasteiger partial charge >= 0.3 is 0 Å². The minimum Gasteiger partial charge on any atom is -0.327 e. The average molecular weight is 296 g/mol. The zero-order valence-electron chi connectivity index (χ0n) is 12.9. The molecular weight excluding hydrogens is 266 g/mol. The van der Waals surface area contributed by atoms with E-state index in [-0.39, 0.29) is 6.04 Å². The fourth-order valence-electron chi connectivity index (χ4n) is 2.61. The van der Waals surface area contributed by atoms with E-state index in [0.717, 1.165) is 17.9 Å². The topological polar surface area (TPSA) is 26.0 Å². The maximum Gasteiger partial charge on any atom is 0.0408 e. The molecule has 2 N–H and O–H groups in total. The van der Waals surface area contributed by atoms with Crippen LogP contribution in [-0.2, 0) is 6.42 Å². The molecule has 0 aliphatic rings. The molecule has 0 aromatic heterocycles. The maximum absolute atomic E-state index is 6.19. The van der Waals surface area contributed by atoms with Crippen LogP contribution in [0.25, 0.3) is 0 Å². The molecule has 20 heavy (non-hydrogen) atoms. The second-order valence-corrected chi connectivity index (χ2v) is 6.29. The Hall–Kier alpha value is -0.530. The molecule has 2 heteroatoms. The smallest absolute Gasteiger partial charge is 0.0408 e. The molecule has 1 nitrogen and oxygen atoms in total. The van der Waals surface area contributed by atoms with E-state index >= 15 is 0 Å². The molecule has 1 aromatic rings. The van der Waals surface area contributed by atoms with E-state index in [4.69, 9.17) is 17.3 Å². The fourth-order valence-corrected chi connectivity index (χ4v) is 2.82. The van der Waals surface area contributed by atoms with Crippen LogP contribution in [0.5, 0.6) is 0 Å². The minimum absolute atomic E-state index is 0.272. The van der Waals surface area contributed by atoms with Crippen LogP contribution in [0.4, 0.5) is 0 Å². The number of hydrogen-bond donors (Lipinski definition) is 1. The molecule has 1 rings (SSSR count). The molecule has 1 atom stereocenters. The summed E-state index contributed by atoms with van der Waals surface area (Å²) < 4.78 is 0. The molecule has 0 bridgehead atoms. The highest BCUT2D eigenvalue weighted by Crippen LogP contribution is 2.14. The van der Waals surface area contributed by atoms with Gasteiger partial charge < -0.3 is 5.73 Å². The van der Waals surface area contributed by atoms with Gasteiger partial charge in [-0.15, -0.1) is 0 Å². The molecule has 0 radical (unpaired) electrons. The van der Waals surface area contributed by atoms with Crippen LogP contribution in [-0.4, -0.2) is 6.04 Å². The Kier molecular flexibility index (Phi) is 9.78. The van der Waals surface area contributed by atoms with Crippen molar-refractivity contribution in [2.24, 2.45) is 5.73 Å². The summed E-state index contributed by atoms with van der Waals surface area (Å²) >= 11 is 5.99. The first kappa shape index (κ1) is 17.5. The molecule has 0 aliphatic carbocycles. The highest BCUT2D eigenvalue weighted by atomic mass is 35.5. The van der Waals surface area contributed by atoms with Crippen molar-refractivity contribution in [3.63, 3.8) is 0 Å². The van der Waals surface area contributed by atoms with Crippen molar-refractivity contribution in [2.75, 3.05) is 0 Å². The summed E-state index contributed by atoms with van der Waals surface area (Å²) in [5.74, 6) is 0. The van der Waals surface area contributed by atoms with Gasteiger partial charge in [0.05, 0.1) is 0 Å². The normalized spacial score (nSPS) is 12.6. The summed E-state index contributed by atoms with van der Waals surface area (Å²) in [5, 5.41) is 0.807. The van der Waals surface area contributed by atoms with Gasteiger partial charge in [-0.1, -0.05) is 82.0 Å². The highest BCUT2D eigenvalue weighted by Gasteiger charge is 2.04. The van der Waals surface area contributed by atoms with Crippen LogP contribution < -0.4 is 5.73 Å². The lowest BCUT2D eigenvalue weighted by molar-refractivity contribution is 0.525. The lowest BCUT2D eigenvalue weighted by Crippen LogP contribution is -2.22. The standard InChI is InChI=1S/C18H30ClN/c1-2-3-4-5-6-7-8-9-13-18(20)15-16-11-10-12-17(19)14-16/h10-12,14,18H,2-9,13,15,20H2,1H3. The van der Waals surface area contributed by atoms with Gasteiger partial charge in [-0.2, -0.15) is 0 Å². The second kappa shape index (κ2) is 11.2. The number of halogens is 1. The third-order valence-corrected chi connectivity index (χ3v) is 4.05. The Morgan fingerprint density at radius 2 is 1.65 bits per heavy atom. The van der Waals surface area contributed by atoms with E-state index in [0.29, 0.717) is 0 Å². The summed E-state index contributed by atoms with van der Waals surface area (Å²) in [5.41, 5.74) is 7.45. The molecule has 0 heterocycles. The van der Waals surface area contributed by atoms with Crippen LogP contribution in [0.3, 0.4) is 0 Å². The summed E-state index contributed by atoms with van der Waals surface area (Å²) in [7, 11) is 0. The Morgan fingerprint density at radius 3 is 2.30 bits per heavy atom. The van der Waals surface area contributed by atoms with Gasteiger partial charge in [0.1, 0.15) is 0 Å². The molecule has 1 aromatic carbocycles. The first-order valence-electron chi connectivity index (χ1n) is 8.22. The highest BCUT2D eigenvalue weighted by molar-refractivity contribution is 6.30. The first-order valence-corrected chi connectivity index (χ1v) is 8.60. The van der Waals surface area contributed by atoms with Gasteiger partial charge in [-0.3, -0.25) is 0 Å². The lowest BCUT2D eigenvalue weighted by Gasteiger charge is -2.11. The average Bonchev–Trinajstić information content (AvgIpc) is 2.42. The summed E-state index contributed by atoms with van der Waals surface area (Å²) in [6.45, 7) is 2.27. The molecule has 0 fully saturated rings. The Balaban J connectivity index is 2.01. The second-order valence-electron chi connectivity index (χ2n) is 5.86. The Bertz CT molecular complexity index is 351. The Labute approximate surface area is 129 Å². The van der Waals surface area contributed by atoms with Gasteiger partial charge in [0.2, 0.25) is 0 Å². The third-order valence-electron chi connectivity index (χ3n) is 3.82. The van der Waals surface area contributed by atoms with Gasteiger partial charge in [-0.05, 0) is 30.5 Å². The van der Waals surface area contributed by atoms with Gasteiger partial charge in [0.25, 0.3) is 0 Å². The summed E-state index contributed by atoms with van der Waals surface area (Å²) in [4.78, 5) is 0. The van der Waals surface area contributed by atoms with Crippen molar-refractivity contribution in [1.29, 1.82) is 0 Å². The molecule has 0 aliphatic heterocycles. The van der Waals surface area contributed by atoms with Crippen molar-refractivity contribution in [1.82, 2.24) is 0 Å². The van der Waals surface area contributed by atoms with Crippen LogP contribution in [0, 0.1) is 0 Å². The Morgan fingerprint density at radius 1 is 1.00 bits per heavy atom. The van der Waals surface area contributed by atoms with Crippen LogP contribution >= 0.6 is 11.6 Å². The van der Waals surface area contributed by atoms with Crippen molar-refractivity contribution in [3.8, 4) is 0 Å². The molecule has 1 unspecified atom stereocenters. The van der Waals surface area contributed by atoms with E-state index in [1.807, 2.05) is 18.2 Å². The monoisotopic (exact) mass is 295 g/mol. The lowest BCUT2D eigenvalue weighted by atomic mass is 10.0. The number of benzene rings is 1. The molecule has 0 amide bonds. The molecule has 0 saturated heterocycles. The number of unbranched alkanes of at least 4 members (excludes halogenated alkanes) is 7. The van der Waals surface area contributed by atoms with E-state index in [1.165, 1.54) is 56.9 Å². The minimum atomic E-state index is 0.272. The molecular formula is C18H30ClN. The number of rotatable bonds is 11. The predicted molar refractivity (Wildman–Crippen MR) is 90.4 cm³/mol. The van der Waals surface area contributed by atoms with Crippen molar-refractivity contribution >= 4 is 11.6 Å². The van der Waals surface area contributed by atoms with Gasteiger partial charge in [0, 0.05) is 11.1 Å². The van der Waals surface area contributed by atoms with Crippen molar-refractivity contribution < 1.29 is 0 Å².